The predicted molar refractivity (Wildman–Crippen MR) is 142 cm³/mol. The van der Waals surface area contributed by atoms with Crippen molar-refractivity contribution >= 4 is 17.6 Å². The first-order valence-electron chi connectivity index (χ1n) is 12.3. The Morgan fingerprint density at radius 3 is 2.39 bits per heavy atom. The van der Waals surface area contributed by atoms with Gasteiger partial charge in [0.2, 0.25) is 0 Å². The zero-order chi connectivity index (χ0) is 25.8. The number of carboxylic acids is 1. The van der Waals surface area contributed by atoms with Crippen molar-refractivity contribution < 1.29 is 49.0 Å². The van der Waals surface area contributed by atoms with Gasteiger partial charge in [-0.3, -0.25) is 4.79 Å². The number of carboxylic acid groups (broad SMARTS) is 1. The molecule has 0 aromatic heterocycles. The SMILES string of the molecule is C[C@H](NC(=O)c1ccc2c(c1)OCCN2Cc1ccc(-c2ccccc2C(=O)[O-])cc1)c1ccccc1.[Na+]. The van der Waals surface area contributed by atoms with E-state index in [0.717, 1.165) is 28.9 Å². The van der Waals surface area contributed by atoms with Crippen molar-refractivity contribution in [1.82, 2.24) is 5.32 Å². The van der Waals surface area contributed by atoms with Crippen LogP contribution in [0.3, 0.4) is 0 Å². The quantitative estimate of drug-likeness (QED) is 0.379. The summed E-state index contributed by atoms with van der Waals surface area (Å²) in [5.41, 5.74) is 5.26. The first kappa shape index (κ1) is 27.5. The topological polar surface area (TPSA) is 81.7 Å². The van der Waals surface area contributed by atoms with Crippen molar-refractivity contribution in [3.63, 3.8) is 0 Å². The Morgan fingerprint density at radius 1 is 0.947 bits per heavy atom. The largest absolute Gasteiger partial charge is 1.00 e. The number of carbonyl (C=O) groups is 2. The molecule has 0 saturated heterocycles. The van der Waals surface area contributed by atoms with Gasteiger partial charge in [-0.05, 0) is 47.4 Å². The average Bonchev–Trinajstić information content (AvgIpc) is 2.93. The zero-order valence-electron chi connectivity index (χ0n) is 21.5. The minimum absolute atomic E-state index is 0. The van der Waals surface area contributed by atoms with Gasteiger partial charge in [-0.1, -0.05) is 78.9 Å². The van der Waals surface area contributed by atoms with E-state index in [9.17, 15) is 14.7 Å². The molecule has 186 valence electrons. The number of rotatable bonds is 7. The number of nitrogens with one attached hydrogen (secondary N) is 1. The van der Waals surface area contributed by atoms with Crippen LogP contribution in [0.5, 0.6) is 5.75 Å². The van der Waals surface area contributed by atoms with E-state index in [1.165, 1.54) is 0 Å². The average molecular weight is 515 g/mol. The number of benzene rings is 4. The number of fused-ring (bicyclic) bond motifs is 1. The number of amides is 1. The van der Waals surface area contributed by atoms with E-state index >= 15 is 0 Å². The summed E-state index contributed by atoms with van der Waals surface area (Å²) in [5, 5.41) is 14.5. The van der Waals surface area contributed by atoms with Crippen molar-refractivity contribution in [3.8, 4) is 16.9 Å². The third kappa shape index (κ3) is 6.10. The summed E-state index contributed by atoms with van der Waals surface area (Å²) in [6.45, 7) is 3.87. The molecule has 0 radical (unpaired) electrons. The van der Waals surface area contributed by atoms with Gasteiger partial charge in [-0.25, -0.2) is 0 Å². The first-order valence-corrected chi connectivity index (χ1v) is 12.3. The molecule has 0 bridgehead atoms. The smallest absolute Gasteiger partial charge is 0.545 e. The number of hydrogen-bond acceptors (Lipinski definition) is 5. The molecule has 4 aromatic rings. The van der Waals surface area contributed by atoms with Crippen LogP contribution in [-0.2, 0) is 6.54 Å². The number of aromatic carboxylic acids is 1. The third-order valence-corrected chi connectivity index (χ3v) is 6.61. The molecule has 1 N–H and O–H groups in total. The van der Waals surface area contributed by atoms with E-state index in [4.69, 9.17) is 4.74 Å². The molecule has 6 nitrogen and oxygen atoms in total. The Kier molecular flexibility index (Phi) is 8.89. The van der Waals surface area contributed by atoms with E-state index in [2.05, 4.69) is 10.2 Å². The molecular weight excluding hydrogens is 487 g/mol. The van der Waals surface area contributed by atoms with Gasteiger partial charge in [0.25, 0.3) is 5.91 Å². The maximum atomic E-state index is 12.9. The van der Waals surface area contributed by atoms with E-state index < -0.39 is 5.97 Å². The number of ether oxygens (including phenoxy) is 1. The van der Waals surface area contributed by atoms with Gasteiger partial charge in [-0.15, -0.1) is 0 Å². The molecule has 5 rings (SSSR count). The molecular formula is C31H27N2NaO4. The second-order valence-corrected chi connectivity index (χ2v) is 9.09. The number of nitrogens with zero attached hydrogens (tertiary/aromatic N) is 1. The Hall–Kier alpha value is -3.58. The van der Waals surface area contributed by atoms with Gasteiger partial charge in [-0.2, -0.15) is 0 Å². The van der Waals surface area contributed by atoms with Gasteiger partial charge < -0.3 is 24.9 Å². The molecule has 1 aliphatic rings. The van der Waals surface area contributed by atoms with E-state index in [-0.39, 0.29) is 47.1 Å². The predicted octanol–water partition coefficient (Wildman–Crippen LogP) is 1.61. The number of hydrogen-bond donors (Lipinski definition) is 1. The minimum atomic E-state index is -1.19. The van der Waals surface area contributed by atoms with E-state index in [0.29, 0.717) is 30.0 Å². The van der Waals surface area contributed by atoms with Gasteiger partial charge in [0.15, 0.2) is 0 Å². The summed E-state index contributed by atoms with van der Waals surface area (Å²) < 4.78 is 5.90. The Labute approximate surface area is 244 Å². The molecule has 0 spiro atoms. The molecule has 1 atom stereocenters. The van der Waals surface area contributed by atoms with Crippen LogP contribution >= 0.6 is 0 Å². The maximum absolute atomic E-state index is 12.9. The maximum Gasteiger partial charge on any atom is 1.00 e. The summed E-state index contributed by atoms with van der Waals surface area (Å²) in [5.74, 6) is -0.648. The van der Waals surface area contributed by atoms with E-state index in [1.807, 2.05) is 79.7 Å². The first-order chi connectivity index (χ1) is 18.0. The molecule has 4 aromatic carbocycles. The van der Waals surface area contributed by atoms with Gasteiger partial charge in [0.1, 0.15) is 12.4 Å². The van der Waals surface area contributed by atoms with Crippen LogP contribution in [0, 0.1) is 0 Å². The second kappa shape index (κ2) is 12.3. The van der Waals surface area contributed by atoms with Gasteiger partial charge >= 0.3 is 29.6 Å². The van der Waals surface area contributed by atoms with Crippen molar-refractivity contribution in [2.75, 3.05) is 18.1 Å². The van der Waals surface area contributed by atoms with Crippen molar-refractivity contribution in [3.05, 3.63) is 119 Å². The molecule has 0 aliphatic carbocycles. The fourth-order valence-electron chi connectivity index (χ4n) is 4.61. The molecule has 0 saturated carbocycles. The molecule has 1 amide bonds. The van der Waals surface area contributed by atoms with Crippen LogP contribution < -0.4 is 49.6 Å². The van der Waals surface area contributed by atoms with E-state index in [1.54, 1.807) is 24.3 Å². The van der Waals surface area contributed by atoms with Crippen LogP contribution in [0.1, 0.15) is 44.8 Å². The molecule has 0 fully saturated rings. The standard InChI is InChI=1S/C31H28N2O4.Na/c1-21(23-7-3-2-4-8-23)32-30(34)25-15-16-28-29(19-25)37-18-17-33(28)20-22-11-13-24(14-12-22)26-9-5-6-10-27(26)31(35)36;/h2-16,19,21H,17-18,20H2,1H3,(H,32,34)(H,35,36);/q;+1/p-1/t21-;/m0./s1. The van der Waals surface area contributed by atoms with Crippen LogP contribution in [0.4, 0.5) is 5.69 Å². The van der Waals surface area contributed by atoms with Crippen LogP contribution in [-0.4, -0.2) is 25.0 Å². The Balaban J connectivity index is 0.00000336. The summed E-state index contributed by atoms with van der Waals surface area (Å²) in [4.78, 5) is 26.6. The van der Waals surface area contributed by atoms with Crippen molar-refractivity contribution in [1.29, 1.82) is 0 Å². The number of anilines is 1. The van der Waals surface area contributed by atoms with Crippen LogP contribution in [0.25, 0.3) is 11.1 Å². The van der Waals surface area contributed by atoms with Gasteiger partial charge in [0, 0.05) is 17.7 Å². The molecule has 0 unspecified atom stereocenters. The minimum Gasteiger partial charge on any atom is -0.545 e. The monoisotopic (exact) mass is 514 g/mol. The fourth-order valence-corrected chi connectivity index (χ4v) is 4.61. The summed E-state index contributed by atoms with van der Waals surface area (Å²) in [6.07, 6.45) is 0. The summed E-state index contributed by atoms with van der Waals surface area (Å²) in [7, 11) is 0. The normalized spacial score (nSPS) is 12.9. The molecule has 7 heteroatoms. The van der Waals surface area contributed by atoms with Crippen LogP contribution in [0.2, 0.25) is 0 Å². The van der Waals surface area contributed by atoms with Crippen LogP contribution in [0.15, 0.2) is 97.1 Å². The molecule has 1 aliphatic heterocycles. The Morgan fingerprint density at radius 2 is 1.66 bits per heavy atom. The van der Waals surface area contributed by atoms with Crippen molar-refractivity contribution in [2.45, 2.75) is 19.5 Å². The second-order valence-electron chi connectivity index (χ2n) is 9.09. The number of carbonyl (C=O) groups excluding carboxylic acids is 2. The summed E-state index contributed by atoms with van der Waals surface area (Å²) >= 11 is 0. The summed E-state index contributed by atoms with van der Waals surface area (Å²) in [6, 6.07) is 30.0. The fraction of sp³-hybridized carbons (Fsp3) is 0.161. The Bertz CT molecular complexity index is 1420. The zero-order valence-corrected chi connectivity index (χ0v) is 23.5. The van der Waals surface area contributed by atoms with Crippen molar-refractivity contribution in [2.24, 2.45) is 0 Å². The third-order valence-electron chi connectivity index (χ3n) is 6.61. The van der Waals surface area contributed by atoms with Gasteiger partial charge in [0.05, 0.1) is 24.2 Å². The molecule has 38 heavy (non-hydrogen) atoms. The molecule has 1 heterocycles.